The van der Waals surface area contributed by atoms with Crippen molar-refractivity contribution in [3.05, 3.63) is 82.5 Å². The molecule has 0 aromatic carbocycles. The van der Waals surface area contributed by atoms with E-state index in [0.29, 0.717) is 25.7 Å². The van der Waals surface area contributed by atoms with Gasteiger partial charge in [-0.25, -0.2) is 9.97 Å². The van der Waals surface area contributed by atoms with Gasteiger partial charge in [-0.05, 0) is 105 Å². The van der Waals surface area contributed by atoms with E-state index >= 15 is 0 Å². The third-order valence-electron chi connectivity index (χ3n) is 8.65. The summed E-state index contributed by atoms with van der Waals surface area (Å²) in [7, 11) is 1.65. The number of H-pyrrole nitrogens is 2. The van der Waals surface area contributed by atoms with Crippen LogP contribution in [0.15, 0.2) is 37.4 Å². The lowest BCUT2D eigenvalue weighted by Gasteiger charge is -2.06. The molecule has 220 valence electrons. The number of aromatic amines is 2. The third-order valence-corrected chi connectivity index (χ3v) is 8.65. The van der Waals surface area contributed by atoms with Crippen molar-refractivity contribution >= 4 is 68.2 Å². The normalized spacial score (nSPS) is 13.0. The molecule has 0 aliphatic carbocycles. The van der Waals surface area contributed by atoms with E-state index in [9.17, 15) is 9.59 Å². The number of aryl methyl sites for hydroxylation is 2. The molecule has 1 amide bonds. The summed E-state index contributed by atoms with van der Waals surface area (Å²) in [5.41, 5.74) is 15.4. The van der Waals surface area contributed by atoms with Crippen LogP contribution in [0.4, 0.5) is 0 Å². The van der Waals surface area contributed by atoms with Crippen LogP contribution in [-0.4, -0.2) is 38.7 Å². The van der Waals surface area contributed by atoms with Gasteiger partial charge in [-0.1, -0.05) is 25.3 Å². The fourth-order valence-electron chi connectivity index (χ4n) is 5.97. The number of carbonyl (C=O) groups excluding carboxylic acids is 2. The van der Waals surface area contributed by atoms with E-state index in [1.54, 1.807) is 14.0 Å². The van der Waals surface area contributed by atoms with Crippen molar-refractivity contribution in [1.82, 2.24) is 25.3 Å². The Bertz CT molecular complexity index is 1930. The molecule has 43 heavy (non-hydrogen) atoms. The average molecular weight is 574 g/mol. The summed E-state index contributed by atoms with van der Waals surface area (Å²) >= 11 is 0. The van der Waals surface area contributed by atoms with Gasteiger partial charge < -0.3 is 20.1 Å². The Morgan fingerprint density at radius 1 is 0.721 bits per heavy atom. The second kappa shape index (κ2) is 11.8. The topological polar surface area (TPSA) is 104 Å². The molecule has 7 heteroatoms. The first-order valence-electron chi connectivity index (χ1n) is 14.7. The first kappa shape index (κ1) is 29.7. The van der Waals surface area contributed by atoms with Crippen molar-refractivity contribution in [2.24, 2.45) is 0 Å². The highest BCUT2D eigenvalue weighted by Gasteiger charge is 2.22. The fraction of sp³-hybridized carbons (Fsp3) is 0.278. The summed E-state index contributed by atoms with van der Waals surface area (Å²) in [6.45, 7) is 18.1. The number of nitrogens with zero attached hydrogens (tertiary/aromatic N) is 2. The van der Waals surface area contributed by atoms with E-state index in [1.807, 2.05) is 18.2 Å². The van der Waals surface area contributed by atoms with Crippen LogP contribution >= 0.6 is 0 Å². The molecule has 0 saturated carbocycles. The number of allylic oxidation sites excluding steroid dienone is 4. The van der Waals surface area contributed by atoms with Crippen LogP contribution < -0.4 is 5.32 Å². The Morgan fingerprint density at radius 2 is 1.19 bits per heavy atom. The maximum Gasteiger partial charge on any atom is 0.220 e. The van der Waals surface area contributed by atoms with Crippen LogP contribution in [-0.2, 0) is 9.59 Å². The minimum Gasteiger partial charge on any atom is -0.359 e. The predicted molar refractivity (Wildman–Crippen MR) is 179 cm³/mol. The second-order valence-corrected chi connectivity index (χ2v) is 11.3. The van der Waals surface area contributed by atoms with E-state index in [0.717, 1.165) is 89.4 Å². The van der Waals surface area contributed by atoms with Gasteiger partial charge in [0, 0.05) is 53.1 Å². The minimum atomic E-state index is -0.0220. The predicted octanol–water partition coefficient (Wildman–Crippen LogP) is 7.97. The number of hydrogen-bond donors (Lipinski definition) is 3. The fourth-order valence-corrected chi connectivity index (χ4v) is 5.97. The summed E-state index contributed by atoms with van der Waals surface area (Å²) in [5.74, 6) is 0.112. The first-order chi connectivity index (χ1) is 20.6. The summed E-state index contributed by atoms with van der Waals surface area (Å²) in [6.07, 6.45) is 5.67. The molecule has 8 bridgehead atoms. The first-order valence-corrected chi connectivity index (χ1v) is 14.7. The number of aromatic nitrogens is 4. The Kier molecular flexibility index (Phi) is 8.18. The zero-order chi connectivity index (χ0) is 31.0. The van der Waals surface area contributed by atoms with Gasteiger partial charge in [0.2, 0.25) is 5.91 Å². The Morgan fingerprint density at radius 3 is 1.67 bits per heavy atom. The van der Waals surface area contributed by atoms with Crippen LogP contribution in [0.1, 0.15) is 91.5 Å². The number of hydrogen-bond acceptors (Lipinski definition) is 4. The number of nitrogens with one attached hydrogen (secondary N) is 3. The van der Waals surface area contributed by atoms with Gasteiger partial charge in [0.15, 0.2) is 0 Å². The quantitative estimate of drug-likeness (QED) is 0.254. The molecular weight excluding hydrogens is 534 g/mol. The molecule has 5 rings (SSSR count). The molecule has 0 fully saturated rings. The van der Waals surface area contributed by atoms with Crippen molar-refractivity contribution < 1.29 is 9.59 Å². The van der Waals surface area contributed by atoms with Crippen molar-refractivity contribution in [3.63, 3.8) is 0 Å². The molecule has 3 aromatic heterocycles. The number of rotatable bonds is 8. The van der Waals surface area contributed by atoms with E-state index in [2.05, 4.69) is 74.3 Å². The van der Waals surface area contributed by atoms with Gasteiger partial charge in [-0.2, -0.15) is 0 Å². The lowest BCUT2D eigenvalue weighted by Crippen LogP contribution is -2.17. The summed E-state index contributed by atoms with van der Waals surface area (Å²) in [6, 6.07) is 8.27. The molecule has 0 unspecified atom stereocenters. The molecular formula is C36H39N5O2. The van der Waals surface area contributed by atoms with Gasteiger partial charge in [0.1, 0.15) is 5.78 Å². The van der Waals surface area contributed by atoms with Gasteiger partial charge >= 0.3 is 0 Å². The number of ketones is 1. The zero-order valence-electron chi connectivity index (χ0n) is 25.9. The minimum absolute atomic E-state index is 0.0220. The van der Waals surface area contributed by atoms with Gasteiger partial charge in [-0.3, -0.25) is 4.79 Å². The SMILES string of the molecule is C=Cc1c(C)c2cc3[nH]c(cc4nc(cc5nc(cc1[nH]2)C(C)=C5CCC(C)=O)C(CCC(=O)NC)=C4C)c(C)c3C=C. The number of amides is 1. The highest BCUT2D eigenvalue weighted by atomic mass is 16.1. The smallest absolute Gasteiger partial charge is 0.220 e. The second-order valence-electron chi connectivity index (χ2n) is 11.3. The highest BCUT2D eigenvalue weighted by Crippen LogP contribution is 2.38. The molecule has 3 aromatic rings. The highest BCUT2D eigenvalue weighted by molar-refractivity contribution is 5.97. The maximum absolute atomic E-state index is 12.2. The average Bonchev–Trinajstić information content (AvgIpc) is 3.63. The molecule has 3 N–H and O–H groups in total. The van der Waals surface area contributed by atoms with Crippen LogP contribution in [0.2, 0.25) is 0 Å². The molecule has 0 atom stereocenters. The van der Waals surface area contributed by atoms with Crippen molar-refractivity contribution in [2.45, 2.75) is 60.3 Å². The zero-order valence-corrected chi connectivity index (χ0v) is 25.9. The van der Waals surface area contributed by atoms with E-state index in [1.165, 1.54) is 0 Å². The Labute approximate surface area is 252 Å². The van der Waals surface area contributed by atoms with Crippen LogP contribution in [0, 0.1) is 13.8 Å². The molecule has 5 heterocycles. The molecule has 7 nitrogen and oxygen atoms in total. The summed E-state index contributed by atoms with van der Waals surface area (Å²) in [5, 5.41) is 2.73. The maximum atomic E-state index is 12.2. The Hall–Kier alpha value is -4.78. The monoisotopic (exact) mass is 573 g/mol. The summed E-state index contributed by atoms with van der Waals surface area (Å²) in [4.78, 5) is 41.6. The Balaban J connectivity index is 1.91. The van der Waals surface area contributed by atoms with Crippen molar-refractivity contribution in [3.8, 4) is 0 Å². The third kappa shape index (κ3) is 5.55. The van der Waals surface area contributed by atoms with Crippen molar-refractivity contribution in [2.75, 3.05) is 7.05 Å². The van der Waals surface area contributed by atoms with Crippen LogP contribution in [0.3, 0.4) is 0 Å². The van der Waals surface area contributed by atoms with Gasteiger partial charge in [0.05, 0.1) is 22.8 Å². The van der Waals surface area contributed by atoms with Gasteiger partial charge in [0.25, 0.3) is 0 Å². The van der Waals surface area contributed by atoms with E-state index in [4.69, 9.17) is 9.97 Å². The largest absolute Gasteiger partial charge is 0.359 e. The molecule has 2 aliphatic rings. The lowest BCUT2D eigenvalue weighted by molar-refractivity contribution is -0.120. The number of fused-ring (bicyclic) bond motifs is 8. The number of carbonyl (C=O) groups is 2. The van der Waals surface area contributed by atoms with Crippen LogP contribution in [0.25, 0.3) is 56.5 Å². The van der Waals surface area contributed by atoms with Crippen molar-refractivity contribution in [1.29, 1.82) is 0 Å². The molecule has 0 saturated heterocycles. The number of Topliss-reactive ketones (excluding diaryl/α,β-unsaturated/α-hetero) is 1. The lowest BCUT2D eigenvalue weighted by atomic mass is 9.97. The standard InChI is InChI=1S/C36H39N5O2/c1-9-24-20(4)28-15-29-23(7)27(13-14-36(43)37-8)35(40-29)18-34-26(12-11-19(3)42)22(6)31(41-34)17-33-25(10-2)21(5)30(39-33)16-32(24)38-28/h9-10,15-18,38-39H,1-2,11-14H2,3-8H3,(H,37,43). The molecule has 0 radical (unpaired) electrons. The summed E-state index contributed by atoms with van der Waals surface area (Å²) < 4.78 is 0. The van der Waals surface area contributed by atoms with Gasteiger partial charge in [-0.15, -0.1) is 0 Å². The van der Waals surface area contributed by atoms with E-state index in [-0.39, 0.29) is 11.7 Å². The molecule has 0 spiro atoms. The molecule has 2 aliphatic heterocycles. The van der Waals surface area contributed by atoms with Crippen LogP contribution in [0.5, 0.6) is 0 Å². The van der Waals surface area contributed by atoms with E-state index < -0.39 is 0 Å².